The number of halogens is 1. The molecular weight excluding hydrogens is 346 g/mol. The Bertz CT molecular complexity index is 829. The van der Waals surface area contributed by atoms with Crippen molar-refractivity contribution >= 4 is 29.5 Å². The van der Waals surface area contributed by atoms with Gasteiger partial charge in [0.05, 0.1) is 6.20 Å². The number of urea groups is 2. The largest absolute Gasteiger partial charge is 0.455 e. The van der Waals surface area contributed by atoms with E-state index in [4.69, 9.17) is 16.3 Å². The molecule has 0 bridgehead atoms. The fourth-order valence-electron chi connectivity index (χ4n) is 2.31. The average Bonchev–Trinajstić information content (AvgIpc) is 2.90. The lowest BCUT2D eigenvalue weighted by molar-refractivity contribution is 0.195. The van der Waals surface area contributed by atoms with Crippen molar-refractivity contribution < 1.29 is 14.3 Å². The Morgan fingerprint density at radius 1 is 1.32 bits per heavy atom. The van der Waals surface area contributed by atoms with Crippen molar-refractivity contribution in [3.63, 3.8) is 0 Å². The van der Waals surface area contributed by atoms with Crippen molar-refractivity contribution in [1.29, 1.82) is 0 Å². The summed E-state index contributed by atoms with van der Waals surface area (Å²) in [4.78, 5) is 34.7. The molecule has 0 aliphatic carbocycles. The predicted octanol–water partition coefficient (Wildman–Crippen LogP) is 3.13. The normalized spacial score (nSPS) is 14.0. The van der Waals surface area contributed by atoms with Crippen molar-refractivity contribution in [2.24, 2.45) is 0 Å². The van der Waals surface area contributed by atoms with Gasteiger partial charge in [0.1, 0.15) is 22.5 Å². The van der Waals surface area contributed by atoms with Crippen molar-refractivity contribution in [2.75, 3.05) is 25.5 Å². The Hall–Kier alpha value is -2.87. The van der Waals surface area contributed by atoms with E-state index in [0.29, 0.717) is 35.6 Å². The zero-order chi connectivity index (χ0) is 18.0. The number of amides is 4. The fourth-order valence-corrected chi connectivity index (χ4v) is 2.47. The van der Waals surface area contributed by atoms with Gasteiger partial charge in [-0.3, -0.25) is 5.32 Å². The monoisotopic (exact) mass is 361 g/mol. The second-order valence-corrected chi connectivity index (χ2v) is 5.92. The molecule has 0 aromatic carbocycles. The van der Waals surface area contributed by atoms with Crippen LogP contribution in [-0.2, 0) is 0 Å². The number of nitrogens with one attached hydrogen (secondary N) is 1. The summed E-state index contributed by atoms with van der Waals surface area (Å²) in [5.74, 6) is 1.40. The minimum Gasteiger partial charge on any atom is -0.455 e. The molecule has 0 unspecified atom stereocenters. The van der Waals surface area contributed by atoms with Crippen LogP contribution >= 0.6 is 11.6 Å². The molecule has 1 saturated heterocycles. The lowest BCUT2D eigenvalue weighted by Crippen LogP contribution is -2.38. The van der Waals surface area contributed by atoms with Crippen LogP contribution in [0.2, 0.25) is 5.15 Å². The van der Waals surface area contributed by atoms with Crippen LogP contribution in [0.3, 0.4) is 0 Å². The van der Waals surface area contributed by atoms with E-state index in [-0.39, 0.29) is 6.03 Å². The SMILES string of the molecule is Cc1cc(NC(=O)N2CCN(C)C2=O)ncc1Oc1ccnc(Cl)c1. The van der Waals surface area contributed by atoms with Gasteiger partial charge < -0.3 is 9.64 Å². The summed E-state index contributed by atoms with van der Waals surface area (Å²) in [6.45, 7) is 2.69. The van der Waals surface area contributed by atoms with E-state index in [2.05, 4.69) is 15.3 Å². The van der Waals surface area contributed by atoms with Gasteiger partial charge in [-0.25, -0.2) is 24.5 Å². The van der Waals surface area contributed by atoms with Crippen molar-refractivity contribution in [3.8, 4) is 11.5 Å². The highest BCUT2D eigenvalue weighted by atomic mass is 35.5. The molecular formula is C16H16ClN5O3. The maximum Gasteiger partial charge on any atom is 0.331 e. The number of aryl methyl sites for hydroxylation is 1. The highest BCUT2D eigenvalue weighted by Crippen LogP contribution is 2.26. The van der Waals surface area contributed by atoms with E-state index in [0.717, 1.165) is 10.5 Å². The molecule has 1 aliphatic rings. The molecule has 3 rings (SSSR count). The number of anilines is 1. The number of likely N-dealkylation sites (N-methyl/N-ethyl adjacent to an activating group) is 1. The van der Waals surface area contributed by atoms with Gasteiger partial charge in [0.25, 0.3) is 0 Å². The summed E-state index contributed by atoms with van der Waals surface area (Å²) < 4.78 is 5.71. The number of imide groups is 1. The first-order valence-electron chi connectivity index (χ1n) is 7.53. The molecule has 0 radical (unpaired) electrons. The Morgan fingerprint density at radius 2 is 2.12 bits per heavy atom. The number of pyridine rings is 2. The van der Waals surface area contributed by atoms with E-state index in [1.54, 1.807) is 31.4 Å². The second-order valence-electron chi connectivity index (χ2n) is 5.54. The zero-order valence-corrected chi connectivity index (χ0v) is 14.4. The third-order valence-electron chi connectivity index (χ3n) is 3.69. The van der Waals surface area contributed by atoms with Crippen molar-refractivity contribution in [2.45, 2.75) is 6.92 Å². The van der Waals surface area contributed by atoms with Crippen molar-refractivity contribution in [1.82, 2.24) is 19.8 Å². The van der Waals surface area contributed by atoms with Crippen LogP contribution in [0.25, 0.3) is 0 Å². The minimum absolute atomic E-state index is 0.326. The first-order chi connectivity index (χ1) is 11.9. The molecule has 1 N–H and O–H groups in total. The number of carbonyl (C=O) groups excluding carboxylic acids is 2. The van der Waals surface area contributed by atoms with Gasteiger partial charge in [0.15, 0.2) is 0 Å². The summed E-state index contributed by atoms with van der Waals surface area (Å²) in [6, 6.07) is 4.10. The third kappa shape index (κ3) is 3.80. The molecule has 1 aliphatic heterocycles. The van der Waals surface area contributed by atoms with Crippen LogP contribution in [0.15, 0.2) is 30.6 Å². The van der Waals surface area contributed by atoms with Gasteiger partial charge in [0, 0.05) is 32.4 Å². The molecule has 8 nitrogen and oxygen atoms in total. The lowest BCUT2D eigenvalue weighted by Gasteiger charge is -2.15. The Morgan fingerprint density at radius 3 is 2.76 bits per heavy atom. The lowest BCUT2D eigenvalue weighted by atomic mass is 10.2. The first-order valence-corrected chi connectivity index (χ1v) is 7.91. The summed E-state index contributed by atoms with van der Waals surface area (Å²) in [5.41, 5.74) is 0.767. The van der Waals surface area contributed by atoms with Crippen LogP contribution < -0.4 is 10.1 Å². The molecule has 9 heteroatoms. The molecule has 130 valence electrons. The average molecular weight is 362 g/mol. The molecule has 2 aromatic rings. The maximum absolute atomic E-state index is 12.2. The summed E-state index contributed by atoms with van der Waals surface area (Å²) >= 11 is 5.83. The predicted molar refractivity (Wildman–Crippen MR) is 92.0 cm³/mol. The van der Waals surface area contributed by atoms with E-state index in [9.17, 15) is 9.59 Å². The van der Waals surface area contributed by atoms with Crippen LogP contribution in [0.1, 0.15) is 5.56 Å². The molecule has 3 heterocycles. The van der Waals surface area contributed by atoms with E-state index in [1.807, 2.05) is 6.92 Å². The van der Waals surface area contributed by atoms with Gasteiger partial charge in [-0.2, -0.15) is 0 Å². The number of aromatic nitrogens is 2. The number of rotatable bonds is 3. The smallest absolute Gasteiger partial charge is 0.331 e. The highest BCUT2D eigenvalue weighted by Gasteiger charge is 2.30. The van der Waals surface area contributed by atoms with Gasteiger partial charge in [-0.15, -0.1) is 0 Å². The van der Waals surface area contributed by atoms with Gasteiger partial charge in [-0.1, -0.05) is 11.6 Å². The first kappa shape index (κ1) is 17.0. The number of nitrogens with zero attached hydrogens (tertiary/aromatic N) is 4. The zero-order valence-electron chi connectivity index (χ0n) is 13.7. The third-order valence-corrected chi connectivity index (χ3v) is 3.89. The molecule has 0 spiro atoms. The topological polar surface area (TPSA) is 87.7 Å². The van der Waals surface area contributed by atoms with Crippen molar-refractivity contribution in [3.05, 3.63) is 41.3 Å². The molecule has 1 fully saturated rings. The molecule has 0 saturated carbocycles. The quantitative estimate of drug-likeness (QED) is 0.848. The van der Waals surface area contributed by atoms with Gasteiger partial charge in [0.2, 0.25) is 0 Å². The van der Waals surface area contributed by atoms with Crippen LogP contribution in [0.4, 0.5) is 15.4 Å². The molecule has 2 aromatic heterocycles. The Balaban J connectivity index is 1.69. The maximum atomic E-state index is 12.2. The molecule has 4 amide bonds. The fraction of sp³-hybridized carbons (Fsp3) is 0.250. The molecule has 0 atom stereocenters. The number of ether oxygens (including phenoxy) is 1. The van der Waals surface area contributed by atoms with Crippen LogP contribution in [0.5, 0.6) is 11.5 Å². The Labute approximate surface area is 149 Å². The van der Waals surface area contributed by atoms with Gasteiger partial charge in [-0.05, 0) is 24.6 Å². The summed E-state index contributed by atoms with van der Waals surface area (Å²) in [6.07, 6.45) is 3.04. The highest BCUT2D eigenvalue weighted by molar-refractivity contribution is 6.29. The molecule has 25 heavy (non-hydrogen) atoms. The van der Waals surface area contributed by atoms with E-state index >= 15 is 0 Å². The minimum atomic E-state index is -0.504. The van der Waals surface area contributed by atoms with Crippen LogP contribution in [-0.4, -0.2) is 52.0 Å². The number of carbonyl (C=O) groups is 2. The number of hydrogen-bond donors (Lipinski definition) is 1. The second kappa shape index (κ2) is 6.94. The Kier molecular flexibility index (Phi) is 4.71. The van der Waals surface area contributed by atoms with E-state index < -0.39 is 6.03 Å². The standard InChI is InChI=1S/C16H16ClN5O3/c1-10-7-14(20-15(23)22-6-5-21(2)16(22)24)19-9-12(10)25-11-3-4-18-13(17)8-11/h3-4,7-9H,5-6H2,1-2H3,(H,19,20,23). The summed E-state index contributed by atoms with van der Waals surface area (Å²) in [7, 11) is 1.65. The van der Waals surface area contributed by atoms with E-state index in [1.165, 1.54) is 11.1 Å². The summed E-state index contributed by atoms with van der Waals surface area (Å²) in [5, 5.41) is 2.94. The van der Waals surface area contributed by atoms with Gasteiger partial charge >= 0.3 is 12.1 Å². The van der Waals surface area contributed by atoms with Crippen LogP contribution in [0, 0.1) is 6.92 Å². The number of hydrogen-bond acceptors (Lipinski definition) is 5.